The van der Waals surface area contributed by atoms with Crippen LogP contribution in [0.4, 0.5) is 8.78 Å². The van der Waals surface area contributed by atoms with Gasteiger partial charge in [-0.1, -0.05) is 23.7 Å². The first-order valence-corrected chi connectivity index (χ1v) is 3.50. The monoisotopic (exact) mass is 195 g/mol. The Morgan fingerprint density at radius 1 is 1.45 bits per heavy atom. The molecule has 1 radical (unpaired) electrons. The first kappa shape index (κ1) is 8.75. The topological polar surface area (TPSA) is 0 Å². The van der Waals surface area contributed by atoms with Gasteiger partial charge in [-0.3, -0.25) is 0 Å². The van der Waals surface area contributed by atoms with Crippen molar-refractivity contribution in [2.45, 2.75) is 5.38 Å². The fraction of sp³-hybridized carbons (Fsp3) is 0.143. The van der Waals surface area contributed by atoms with Gasteiger partial charge in [0.2, 0.25) is 0 Å². The van der Waals surface area contributed by atoms with Gasteiger partial charge in [-0.2, -0.15) is 8.78 Å². The molecule has 0 N–H and O–H groups in total. The molecule has 0 nitrogen and oxygen atoms in total. The van der Waals surface area contributed by atoms with Crippen LogP contribution in [0.1, 0.15) is 5.56 Å². The molecule has 0 saturated carbocycles. The molecule has 0 aromatic heterocycles. The lowest BCUT2D eigenvalue weighted by molar-refractivity contribution is 0.0951. The maximum Gasteiger partial charge on any atom is 0.348 e. The minimum absolute atomic E-state index is 0.128. The quantitative estimate of drug-likeness (QED) is 0.603. The van der Waals surface area contributed by atoms with Crippen LogP contribution in [-0.2, 0) is 5.38 Å². The molecule has 0 bridgehead atoms. The molecule has 0 aliphatic rings. The summed E-state index contributed by atoms with van der Waals surface area (Å²) >= 11 is 10.1. The zero-order valence-electron chi connectivity index (χ0n) is 5.24. The summed E-state index contributed by atoms with van der Waals surface area (Å²) in [6.45, 7) is 0. The van der Waals surface area contributed by atoms with E-state index in [1.165, 1.54) is 12.1 Å². The minimum atomic E-state index is -3.35. The van der Waals surface area contributed by atoms with Crippen LogP contribution in [0.5, 0.6) is 0 Å². The first-order valence-electron chi connectivity index (χ1n) is 2.74. The van der Waals surface area contributed by atoms with Gasteiger partial charge in [0, 0.05) is 16.7 Å². The SMILES string of the molecule is FC(F)(Cl)c1cc[c]c(Cl)c1. The molecule has 11 heavy (non-hydrogen) atoms. The molecule has 0 aliphatic heterocycles. The van der Waals surface area contributed by atoms with Gasteiger partial charge in [0.15, 0.2) is 0 Å². The molecule has 0 saturated heterocycles. The summed E-state index contributed by atoms with van der Waals surface area (Å²) in [6.07, 6.45) is 0. The molecular formula is C7H3Cl2F2. The molecule has 0 heterocycles. The second-order valence-corrected chi connectivity index (χ2v) is 2.80. The highest BCUT2D eigenvalue weighted by molar-refractivity contribution is 6.30. The first-order chi connectivity index (χ1) is 5.00. The lowest BCUT2D eigenvalue weighted by atomic mass is 10.2. The Bertz CT molecular complexity index is 255. The van der Waals surface area contributed by atoms with Crippen molar-refractivity contribution < 1.29 is 8.78 Å². The fourth-order valence-electron chi connectivity index (χ4n) is 0.614. The van der Waals surface area contributed by atoms with E-state index in [1.54, 1.807) is 0 Å². The third kappa shape index (κ3) is 2.31. The van der Waals surface area contributed by atoms with E-state index < -0.39 is 5.38 Å². The van der Waals surface area contributed by atoms with Gasteiger partial charge in [-0.25, -0.2) is 0 Å². The predicted molar refractivity (Wildman–Crippen MR) is 40.0 cm³/mol. The number of halogens is 4. The molecule has 1 aromatic rings. The van der Waals surface area contributed by atoms with Gasteiger partial charge in [0.25, 0.3) is 0 Å². The summed E-state index contributed by atoms with van der Waals surface area (Å²) in [6, 6.07) is 6.06. The van der Waals surface area contributed by atoms with Crippen molar-refractivity contribution in [3.8, 4) is 0 Å². The summed E-state index contributed by atoms with van der Waals surface area (Å²) in [5.41, 5.74) is -0.317. The number of alkyl halides is 3. The zero-order chi connectivity index (χ0) is 8.48. The minimum Gasteiger partial charge on any atom is -0.183 e. The Morgan fingerprint density at radius 2 is 2.09 bits per heavy atom. The van der Waals surface area contributed by atoms with Gasteiger partial charge in [0.1, 0.15) is 0 Å². The van der Waals surface area contributed by atoms with Crippen LogP contribution >= 0.6 is 23.2 Å². The van der Waals surface area contributed by atoms with E-state index in [9.17, 15) is 8.78 Å². The molecule has 0 fully saturated rings. The van der Waals surface area contributed by atoms with Crippen molar-refractivity contribution in [1.82, 2.24) is 0 Å². The molecule has 0 spiro atoms. The van der Waals surface area contributed by atoms with E-state index in [0.717, 1.165) is 6.07 Å². The molecule has 59 valence electrons. The van der Waals surface area contributed by atoms with Crippen LogP contribution in [0, 0.1) is 6.07 Å². The Kier molecular flexibility index (Phi) is 2.35. The van der Waals surface area contributed by atoms with E-state index in [-0.39, 0.29) is 10.6 Å². The van der Waals surface area contributed by atoms with E-state index in [1.807, 2.05) is 0 Å². The normalized spacial score (nSPS) is 11.6. The molecule has 0 aliphatic carbocycles. The van der Waals surface area contributed by atoms with E-state index in [4.69, 9.17) is 23.2 Å². The van der Waals surface area contributed by atoms with Crippen LogP contribution in [-0.4, -0.2) is 0 Å². The maximum atomic E-state index is 12.3. The van der Waals surface area contributed by atoms with Crippen molar-refractivity contribution in [1.29, 1.82) is 0 Å². The Labute approximate surface area is 72.7 Å². The largest absolute Gasteiger partial charge is 0.348 e. The van der Waals surface area contributed by atoms with Crippen molar-refractivity contribution in [2.24, 2.45) is 0 Å². The van der Waals surface area contributed by atoms with Crippen LogP contribution in [0.15, 0.2) is 18.2 Å². The number of hydrogen-bond donors (Lipinski definition) is 0. The Balaban J connectivity index is 3.06. The third-order valence-electron chi connectivity index (χ3n) is 1.09. The van der Waals surface area contributed by atoms with E-state index in [0.29, 0.717) is 0 Å². The molecule has 0 amide bonds. The predicted octanol–water partition coefficient (Wildman–Crippen LogP) is 3.43. The summed E-state index contributed by atoms with van der Waals surface area (Å²) in [5.74, 6) is 0. The van der Waals surface area contributed by atoms with Crippen molar-refractivity contribution >= 4 is 23.2 Å². The van der Waals surface area contributed by atoms with Gasteiger partial charge in [-0.15, -0.1) is 0 Å². The number of benzene rings is 1. The molecule has 0 unspecified atom stereocenters. The zero-order valence-corrected chi connectivity index (χ0v) is 6.76. The molecule has 4 heteroatoms. The second kappa shape index (κ2) is 2.95. The lowest BCUT2D eigenvalue weighted by Gasteiger charge is -2.06. The highest BCUT2D eigenvalue weighted by atomic mass is 35.5. The number of hydrogen-bond acceptors (Lipinski definition) is 0. The van der Waals surface area contributed by atoms with Crippen LogP contribution < -0.4 is 0 Å². The second-order valence-electron chi connectivity index (χ2n) is 1.92. The smallest absolute Gasteiger partial charge is 0.183 e. The summed E-state index contributed by atoms with van der Waals surface area (Å²) in [4.78, 5) is 0. The highest BCUT2D eigenvalue weighted by Crippen LogP contribution is 2.32. The lowest BCUT2D eigenvalue weighted by Crippen LogP contribution is -2.02. The molecule has 1 rings (SSSR count). The third-order valence-corrected chi connectivity index (χ3v) is 1.53. The maximum absolute atomic E-state index is 12.3. The van der Waals surface area contributed by atoms with Gasteiger partial charge >= 0.3 is 5.38 Å². The Hall–Kier alpha value is -0.340. The average molecular weight is 196 g/mol. The van der Waals surface area contributed by atoms with Gasteiger partial charge in [-0.05, 0) is 17.7 Å². The molecule has 0 atom stereocenters. The average Bonchev–Trinajstić information content (AvgIpc) is 1.86. The van der Waals surface area contributed by atoms with Crippen LogP contribution in [0.25, 0.3) is 0 Å². The standard InChI is InChI=1S/C7H3Cl2F2/c8-6-3-1-2-5(4-6)7(9,10)11/h1-2,4H. The van der Waals surface area contributed by atoms with E-state index >= 15 is 0 Å². The van der Waals surface area contributed by atoms with Crippen molar-refractivity contribution in [3.05, 3.63) is 34.9 Å². The summed E-state index contributed by atoms with van der Waals surface area (Å²) in [7, 11) is 0. The number of rotatable bonds is 1. The van der Waals surface area contributed by atoms with Crippen molar-refractivity contribution in [3.63, 3.8) is 0 Å². The van der Waals surface area contributed by atoms with Gasteiger partial charge in [0.05, 0.1) is 0 Å². The van der Waals surface area contributed by atoms with Gasteiger partial charge < -0.3 is 0 Å². The Morgan fingerprint density at radius 3 is 2.45 bits per heavy atom. The summed E-state index contributed by atoms with van der Waals surface area (Å²) < 4.78 is 24.7. The molecule has 1 aromatic carbocycles. The van der Waals surface area contributed by atoms with Crippen LogP contribution in [0.3, 0.4) is 0 Å². The van der Waals surface area contributed by atoms with Crippen molar-refractivity contribution in [2.75, 3.05) is 0 Å². The highest BCUT2D eigenvalue weighted by Gasteiger charge is 2.27. The molecular weight excluding hydrogens is 193 g/mol. The fourth-order valence-corrected chi connectivity index (χ4v) is 0.912. The van der Waals surface area contributed by atoms with Crippen LogP contribution in [0.2, 0.25) is 5.02 Å². The summed E-state index contributed by atoms with van der Waals surface area (Å²) in [5, 5.41) is -3.22. The van der Waals surface area contributed by atoms with E-state index in [2.05, 4.69) is 6.07 Å².